The number of rotatable bonds is 3. The van der Waals surface area contributed by atoms with Gasteiger partial charge in [0.05, 0.1) is 12.2 Å². The van der Waals surface area contributed by atoms with Crippen molar-refractivity contribution < 1.29 is 18.0 Å². The molecule has 0 fully saturated rings. The molecule has 2 atom stereocenters. The fraction of sp³-hybridized carbons (Fsp3) is 0.167. The van der Waals surface area contributed by atoms with Crippen LogP contribution < -0.4 is 10.6 Å². The van der Waals surface area contributed by atoms with E-state index in [9.17, 15) is 18.0 Å². The lowest BCUT2D eigenvalue weighted by Crippen LogP contribution is -2.36. The molecule has 2 N–H and O–H groups in total. The first-order valence-electron chi connectivity index (χ1n) is 10.2. The van der Waals surface area contributed by atoms with Crippen molar-refractivity contribution in [1.82, 2.24) is 9.78 Å². The van der Waals surface area contributed by atoms with E-state index in [4.69, 9.17) is 0 Å². The maximum Gasteiger partial charge on any atom is 0.410 e. The second kappa shape index (κ2) is 7.71. The molecule has 5 nitrogen and oxygen atoms in total. The van der Waals surface area contributed by atoms with E-state index in [0.29, 0.717) is 5.69 Å². The number of alkyl halides is 3. The van der Waals surface area contributed by atoms with Crippen LogP contribution in [0.5, 0.6) is 0 Å². The van der Waals surface area contributed by atoms with Crippen LogP contribution >= 0.6 is 0 Å². The lowest BCUT2D eigenvalue weighted by molar-refractivity contribution is -0.173. The number of nitrogens with one attached hydrogen (secondary N) is 2. The molecule has 3 aromatic carbocycles. The highest BCUT2D eigenvalue weighted by atomic mass is 19.4. The number of nitrogens with zero attached hydrogens (tertiary/aromatic N) is 2. The fourth-order valence-corrected chi connectivity index (χ4v) is 4.16. The summed E-state index contributed by atoms with van der Waals surface area (Å²) in [5.74, 6) is -0.463. The van der Waals surface area contributed by atoms with E-state index in [2.05, 4.69) is 15.7 Å². The summed E-state index contributed by atoms with van der Waals surface area (Å²) >= 11 is 0. The van der Waals surface area contributed by atoms with Crippen molar-refractivity contribution in [1.29, 1.82) is 0 Å². The third-order valence-corrected chi connectivity index (χ3v) is 5.72. The van der Waals surface area contributed by atoms with Crippen molar-refractivity contribution in [3.63, 3.8) is 0 Å². The van der Waals surface area contributed by atoms with Crippen LogP contribution in [-0.4, -0.2) is 21.9 Å². The number of carbonyl (C=O) groups is 1. The third kappa shape index (κ3) is 3.57. The van der Waals surface area contributed by atoms with Crippen LogP contribution in [0.25, 0.3) is 10.8 Å². The Morgan fingerprint density at radius 3 is 2.50 bits per heavy atom. The van der Waals surface area contributed by atoms with Gasteiger partial charge in [-0.25, -0.2) is 4.68 Å². The minimum absolute atomic E-state index is 0.0603. The Kier molecular flexibility index (Phi) is 4.84. The summed E-state index contributed by atoms with van der Waals surface area (Å²) < 4.78 is 42.4. The van der Waals surface area contributed by atoms with Crippen LogP contribution in [-0.2, 0) is 0 Å². The number of hydrogen-bond acceptors (Lipinski definition) is 3. The van der Waals surface area contributed by atoms with Crippen molar-refractivity contribution in [3.8, 4) is 0 Å². The van der Waals surface area contributed by atoms with Gasteiger partial charge in [-0.15, -0.1) is 0 Å². The monoisotopic (exact) mass is 436 g/mol. The predicted molar refractivity (Wildman–Crippen MR) is 117 cm³/mol. The maximum atomic E-state index is 13.9. The summed E-state index contributed by atoms with van der Waals surface area (Å²) in [4.78, 5) is 13.1. The lowest BCUT2D eigenvalue weighted by Gasteiger charge is -2.34. The SMILES string of the molecule is O=C(Nc1cccc2ccccc12)c1cnn2c1NC(c1ccccc1)CC2C(F)(F)F. The zero-order valence-electron chi connectivity index (χ0n) is 16.8. The molecule has 8 heteroatoms. The second-order valence-electron chi connectivity index (χ2n) is 7.73. The molecule has 5 rings (SSSR count). The van der Waals surface area contributed by atoms with Crippen LogP contribution in [0.15, 0.2) is 79.0 Å². The number of fused-ring (bicyclic) bond motifs is 2. The molecule has 32 heavy (non-hydrogen) atoms. The number of halogens is 3. The highest BCUT2D eigenvalue weighted by Crippen LogP contribution is 2.44. The number of amides is 1. The van der Waals surface area contributed by atoms with E-state index in [0.717, 1.165) is 21.0 Å². The summed E-state index contributed by atoms with van der Waals surface area (Å²) in [6.45, 7) is 0. The minimum atomic E-state index is -4.50. The maximum absolute atomic E-state index is 13.9. The Labute approximate surface area is 181 Å². The average molecular weight is 436 g/mol. The molecule has 1 amide bonds. The number of anilines is 2. The van der Waals surface area contributed by atoms with Crippen molar-refractivity contribution in [3.05, 3.63) is 90.1 Å². The van der Waals surface area contributed by atoms with Gasteiger partial charge in [0.25, 0.3) is 5.91 Å². The molecular formula is C24H19F3N4O. The number of benzene rings is 3. The molecule has 0 radical (unpaired) electrons. The summed E-state index contributed by atoms with van der Waals surface area (Å²) in [6.07, 6.45) is -3.53. The van der Waals surface area contributed by atoms with Crippen molar-refractivity contribution in [2.45, 2.75) is 24.7 Å². The summed E-state index contributed by atoms with van der Waals surface area (Å²) in [5, 5.41) is 11.7. The second-order valence-corrected chi connectivity index (χ2v) is 7.73. The molecule has 0 spiro atoms. The molecule has 0 saturated heterocycles. The highest BCUT2D eigenvalue weighted by molar-refractivity contribution is 6.11. The standard InChI is InChI=1S/C24H19F3N4O/c25-24(26,27)21-13-20(16-8-2-1-3-9-16)29-22-18(14-28-31(21)22)23(32)30-19-12-6-10-15-7-4-5-11-17(15)19/h1-12,14,20-21,29H,13H2,(H,30,32). The van der Waals surface area contributed by atoms with Crippen molar-refractivity contribution in [2.24, 2.45) is 0 Å². The normalized spacial score (nSPS) is 18.1. The molecule has 162 valence electrons. The van der Waals surface area contributed by atoms with Gasteiger partial charge in [0.15, 0.2) is 6.04 Å². The largest absolute Gasteiger partial charge is 0.410 e. The summed E-state index contributed by atoms with van der Waals surface area (Å²) in [6, 6.07) is 19.5. The Morgan fingerprint density at radius 1 is 1.00 bits per heavy atom. The quantitative estimate of drug-likeness (QED) is 0.417. The summed E-state index contributed by atoms with van der Waals surface area (Å²) in [5.41, 5.74) is 1.36. The van der Waals surface area contributed by atoms with Gasteiger partial charge in [-0.05, 0) is 17.0 Å². The molecule has 1 aliphatic heterocycles. The number of aromatic nitrogens is 2. The first-order chi connectivity index (χ1) is 15.4. The fourth-order valence-electron chi connectivity index (χ4n) is 4.16. The van der Waals surface area contributed by atoms with Crippen LogP contribution in [0, 0.1) is 0 Å². The average Bonchev–Trinajstić information content (AvgIpc) is 3.23. The Balaban J connectivity index is 1.52. The van der Waals surface area contributed by atoms with Gasteiger partial charge in [0.1, 0.15) is 11.4 Å². The van der Waals surface area contributed by atoms with Gasteiger partial charge in [-0.3, -0.25) is 4.79 Å². The molecule has 0 bridgehead atoms. The van der Waals surface area contributed by atoms with E-state index in [-0.39, 0.29) is 17.8 Å². The van der Waals surface area contributed by atoms with E-state index in [1.165, 1.54) is 6.20 Å². The van der Waals surface area contributed by atoms with Gasteiger partial charge < -0.3 is 10.6 Å². The van der Waals surface area contributed by atoms with E-state index in [1.54, 1.807) is 36.4 Å². The van der Waals surface area contributed by atoms with E-state index in [1.807, 2.05) is 36.4 Å². The van der Waals surface area contributed by atoms with Crippen LogP contribution in [0.4, 0.5) is 24.7 Å². The smallest absolute Gasteiger partial charge is 0.363 e. The van der Waals surface area contributed by atoms with Gasteiger partial charge in [-0.1, -0.05) is 66.7 Å². The van der Waals surface area contributed by atoms with Gasteiger partial charge in [0, 0.05) is 17.5 Å². The molecule has 1 aromatic heterocycles. The van der Waals surface area contributed by atoms with E-state index < -0.39 is 24.2 Å². The molecule has 0 saturated carbocycles. The zero-order chi connectivity index (χ0) is 22.3. The van der Waals surface area contributed by atoms with Crippen molar-refractivity contribution >= 4 is 28.2 Å². The first kappa shape index (κ1) is 20.1. The molecule has 2 heterocycles. The molecule has 0 aliphatic carbocycles. The van der Waals surface area contributed by atoms with Crippen LogP contribution in [0.3, 0.4) is 0 Å². The van der Waals surface area contributed by atoms with Crippen LogP contribution in [0.1, 0.15) is 34.4 Å². The molecular weight excluding hydrogens is 417 g/mol. The Bertz CT molecular complexity index is 1280. The summed E-state index contributed by atoms with van der Waals surface area (Å²) in [7, 11) is 0. The minimum Gasteiger partial charge on any atom is -0.363 e. The Morgan fingerprint density at radius 2 is 1.72 bits per heavy atom. The number of hydrogen-bond donors (Lipinski definition) is 2. The molecule has 2 unspecified atom stereocenters. The first-order valence-corrected chi connectivity index (χ1v) is 10.2. The van der Waals surface area contributed by atoms with Gasteiger partial charge in [-0.2, -0.15) is 18.3 Å². The Hall–Kier alpha value is -3.81. The van der Waals surface area contributed by atoms with Crippen LogP contribution in [0.2, 0.25) is 0 Å². The van der Waals surface area contributed by atoms with Crippen molar-refractivity contribution in [2.75, 3.05) is 10.6 Å². The predicted octanol–water partition coefficient (Wildman–Crippen LogP) is 5.95. The van der Waals surface area contributed by atoms with Gasteiger partial charge in [0.2, 0.25) is 0 Å². The highest BCUT2D eigenvalue weighted by Gasteiger charge is 2.47. The number of carbonyl (C=O) groups excluding carboxylic acids is 1. The zero-order valence-corrected chi connectivity index (χ0v) is 16.8. The molecule has 1 aliphatic rings. The third-order valence-electron chi connectivity index (χ3n) is 5.72. The lowest BCUT2D eigenvalue weighted by atomic mass is 9.96. The van der Waals surface area contributed by atoms with E-state index >= 15 is 0 Å². The van der Waals surface area contributed by atoms with Gasteiger partial charge >= 0.3 is 6.18 Å². The topological polar surface area (TPSA) is 59.0 Å². The molecule has 4 aromatic rings.